The van der Waals surface area contributed by atoms with Crippen LogP contribution in [0.5, 0.6) is 0 Å². The Balaban J connectivity index is 1.50. The maximum absolute atomic E-state index is 15.7. The van der Waals surface area contributed by atoms with E-state index >= 15 is 8.78 Å². The van der Waals surface area contributed by atoms with Gasteiger partial charge in [-0.3, -0.25) is 0 Å². The van der Waals surface area contributed by atoms with Gasteiger partial charge in [0, 0.05) is 21.9 Å². The zero-order chi connectivity index (χ0) is 30.4. The first-order valence-electron chi connectivity index (χ1n) is 14.6. The number of hydrogen-bond donors (Lipinski definition) is 1. The second-order valence-corrected chi connectivity index (χ2v) is 10.9. The predicted molar refractivity (Wildman–Crippen MR) is 176 cm³/mol. The molecule has 1 aliphatic heterocycles. The summed E-state index contributed by atoms with van der Waals surface area (Å²) in [4.78, 5) is 0. The molecule has 0 aliphatic carbocycles. The standard InChI is InChI=1S/C39H25F2N3O/c40-39(41)37(26-15-5-2-6-16-26)38(42-44-43-39)31-20-10-9-19-29(31)35-30(23-24-34-36(35)32-21-11-12-22-33(32)45-34)28-18-8-7-17-27(28)25-13-3-1-4-14-25/h1-24H,(H,42,43). The molecule has 45 heavy (non-hydrogen) atoms. The fraction of sp³-hybridized carbons (Fsp3) is 0.0256. The molecule has 8 rings (SSSR count). The molecular weight excluding hydrogens is 564 g/mol. The molecule has 0 unspecified atom stereocenters. The van der Waals surface area contributed by atoms with Crippen LogP contribution in [0.15, 0.2) is 160 Å². The van der Waals surface area contributed by atoms with Crippen LogP contribution >= 0.6 is 0 Å². The number of rotatable bonds is 5. The number of para-hydroxylation sites is 1. The van der Waals surface area contributed by atoms with Crippen LogP contribution in [0, 0.1) is 0 Å². The summed E-state index contributed by atoms with van der Waals surface area (Å²) in [6, 6.07) is 43.2. The Bertz CT molecular complexity index is 2270. The normalized spacial score (nSPS) is 14.2. The van der Waals surface area contributed by atoms with E-state index in [1.807, 2.05) is 90.4 Å². The van der Waals surface area contributed by atoms with Gasteiger partial charge in [-0.05, 0) is 51.6 Å². The van der Waals surface area contributed by atoms with Crippen LogP contribution < -0.4 is 5.43 Å². The van der Waals surface area contributed by atoms with Gasteiger partial charge >= 0.3 is 6.05 Å². The number of alkyl halides is 2. The van der Waals surface area contributed by atoms with E-state index in [-0.39, 0.29) is 11.3 Å². The Morgan fingerprint density at radius 3 is 1.87 bits per heavy atom. The van der Waals surface area contributed by atoms with Gasteiger partial charge in [0.05, 0.1) is 5.57 Å². The number of nitrogens with one attached hydrogen (secondary N) is 1. The van der Waals surface area contributed by atoms with Gasteiger partial charge in [-0.15, -0.1) is 5.11 Å². The second-order valence-electron chi connectivity index (χ2n) is 10.9. The number of halogens is 2. The molecule has 6 heteroatoms. The summed E-state index contributed by atoms with van der Waals surface area (Å²) in [6.45, 7) is 0. The average molecular weight is 590 g/mol. The fourth-order valence-electron chi connectivity index (χ4n) is 6.32. The Hall–Kier alpha value is -5.88. The minimum absolute atomic E-state index is 0.104. The van der Waals surface area contributed by atoms with Gasteiger partial charge in [0.2, 0.25) is 0 Å². The Morgan fingerprint density at radius 2 is 1.11 bits per heavy atom. The summed E-state index contributed by atoms with van der Waals surface area (Å²) in [5.74, 6) is 0. The molecule has 0 atom stereocenters. The van der Waals surface area contributed by atoms with Crippen LogP contribution in [0.25, 0.3) is 66.6 Å². The van der Waals surface area contributed by atoms with E-state index < -0.39 is 6.05 Å². The average Bonchev–Trinajstić information content (AvgIpc) is 3.47. The molecule has 0 fully saturated rings. The van der Waals surface area contributed by atoms with Crippen molar-refractivity contribution < 1.29 is 13.2 Å². The Kier molecular flexibility index (Phi) is 6.34. The molecule has 0 amide bonds. The third kappa shape index (κ3) is 4.50. The van der Waals surface area contributed by atoms with Crippen molar-refractivity contribution in [1.29, 1.82) is 0 Å². The van der Waals surface area contributed by atoms with Crippen LogP contribution in [0.1, 0.15) is 11.1 Å². The van der Waals surface area contributed by atoms with Crippen LogP contribution in [-0.4, -0.2) is 6.05 Å². The maximum Gasteiger partial charge on any atom is 0.368 e. The molecule has 216 valence electrons. The Morgan fingerprint density at radius 1 is 0.511 bits per heavy atom. The third-order valence-electron chi connectivity index (χ3n) is 8.25. The molecule has 4 nitrogen and oxygen atoms in total. The van der Waals surface area contributed by atoms with Crippen molar-refractivity contribution in [2.24, 2.45) is 10.3 Å². The number of hydrogen-bond acceptors (Lipinski definition) is 4. The monoisotopic (exact) mass is 589 g/mol. The van der Waals surface area contributed by atoms with Crippen molar-refractivity contribution in [3.8, 4) is 33.4 Å². The molecule has 0 radical (unpaired) electrons. The van der Waals surface area contributed by atoms with Gasteiger partial charge < -0.3 is 4.42 Å². The highest BCUT2D eigenvalue weighted by Gasteiger charge is 2.41. The zero-order valence-electron chi connectivity index (χ0n) is 23.9. The van der Waals surface area contributed by atoms with Crippen molar-refractivity contribution in [2.75, 3.05) is 0 Å². The molecule has 0 saturated heterocycles. The quantitative estimate of drug-likeness (QED) is 0.203. The van der Waals surface area contributed by atoms with Crippen molar-refractivity contribution in [1.82, 2.24) is 5.43 Å². The summed E-state index contributed by atoms with van der Waals surface area (Å²) in [6.07, 6.45) is 0. The van der Waals surface area contributed by atoms with Crippen molar-refractivity contribution in [3.05, 3.63) is 157 Å². The molecule has 1 aromatic heterocycles. The largest absolute Gasteiger partial charge is 0.456 e. The van der Waals surface area contributed by atoms with Gasteiger partial charge in [0.1, 0.15) is 16.9 Å². The molecule has 1 N–H and O–H groups in total. The lowest BCUT2D eigenvalue weighted by atomic mass is 9.84. The highest BCUT2D eigenvalue weighted by molar-refractivity contribution is 6.17. The lowest BCUT2D eigenvalue weighted by Crippen LogP contribution is -2.36. The van der Waals surface area contributed by atoms with E-state index in [9.17, 15) is 0 Å². The lowest BCUT2D eigenvalue weighted by Gasteiger charge is -2.26. The third-order valence-corrected chi connectivity index (χ3v) is 8.25. The molecular formula is C39H25F2N3O. The number of fused-ring (bicyclic) bond motifs is 3. The molecule has 0 saturated carbocycles. The number of nitrogens with zero attached hydrogens (tertiary/aromatic N) is 2. The lowest BCUT2D eigenvalue weighted by molar-refractivity contribution is 0.0251. The summed E-state index contributed by atoms with van der Waals surface area (Å²) < 4.78 is 37.7. The van der Waals surface area contributed by atoms with Crippen LogP contribution in [-0.2, 0) is 0 Å². The maximum atomic E-state index is 15.7. The van der Waals surface area contributed by atoms with Crippen LogP contribution in [0.3, 0.4) is 0 Å². The number of benzene rings is 6. The minimum Gasteiger partial charge on any atom is -0.456 e. The second kappa shape index (κ2) is 10.7. The van der Waals surface area contributed by atoms with E-state index in [2.05, 4.69) is 40.7 Å². The first-order valence-corrected chi connectivity index (χ1v) is 14.6. The van der Waals surface area contributed by atoms with Gasteiger partial charge in [0.15, 0.2) is 0 Å². The molecule has 7 aromatic rings. The highest BCUT2D eigenvalue weighted by atomic mass is 19.3. The van der Waals surface area contributed by atoms with E-state index in [1.165, 1.54) is 0 Å². The number of furan rings is 1. The fourth-order valence-corrected chi connectivity index (χ4v) is 6.32. The summed E-state index contributed by atoms with van der Waals surface area (Å²) in [5, 5.41) is 9.85. The SMILES string of the molecule is FC1(F)NN=NC(c2ccccc2-c2c(-c3ccccc3-c3ccccc3)ccc3oc4ccccc4c23)=C1c1ccccc1. The van der Waals surface area contributed by atoms with Gasteiger partial charge in [-0.2, -0.15) is 8.78 Å². The molecule has 0 spiro atoms. The van der Waals surface area contributed by atoms with Crippen molar-refractivity contribution >= 4 is 33.2 Å². The van der Waals surface area contributed by atoms with Gasteiger partial charge in [0.25, 0.3) is 0 Å². The van der Waals surface area contributed by atoms with Crippen molar-refractivity contribution in [2.45, 2.75) is 6.05 Å². The smallest absolute Gasteiger partial charge is 0.368 e. The first-order chi connectivity index (χ1) is 22.1. The molecule has 0 bridgehead atoms. The molecule has 2 heterocycles. The first kappa shape index (κ1) is 26.7. The minimum atomic E-state index is -3.44. The predicted octanol–water partition coefficient (Wildman–Crippen LogP) is 11.0. The summed E-state index contributed by atoms with van der Waals surface area (Å²) >= 11 is 0. The van der Waals surface area contributed by atoms with Gasteiger partial charge in [-0.1, -0.05) is 133 Å². The van der Waals surface area contributed by atoms with Gasteiger partial charge in [-0.25, -0.2) is 5.43 Å². The summed E-state index contributed by atoms with van der Waals surface area (Å²) in [7, 11) is 0. The Labute approximate surface area is 258 Å². The molecule has 1 aliphatic rings. The zero-order valence-corrected chi connectivity index (χ0v) is 23.9. The van der Waals surface area contributed by atoms with Crippen LogP contribution in [0.4, 0.5) is 8.78 Å². The topological polar surface area (TPSA) is 49.9 Å². The highest BCUT2D eigenvalue weighted by Crippen LogP contribution is 2.49. The van der Waals surface area contributed by atoms with Crippen molar-refractivity contribution in [3.63, 3.8) is 0 Å². The van der Waals surface area contributed by atoms with Crippen LogP contribution in [0.2, 0.25) is 0 Å². The van der Waals surface area contributed by atoms with E-state index in [0.29, 0.717) is 16.7 Å². The van der Waals surface area contributed by atoms with E-state index in [0.717, 1.165) is 49.7 Å². The molecule has 6 aromatic carbocycles. The van der Waals surface area contributed by atoms with E-state index in [4.69, 9.17) is 4.42 Å². The van der Waals surface area contributed by atoms with E-state index in [1.54, 1.807) is 30.3 Å². The summed E-state index contributed by atoms with van der Waals surface area (Å²) in [5.41, 5.74) is 9.85.